The lowest BCUT2D eigenvalue weighted by Crippen LogP contribution is -2.45. The van der Waals surface area contributed by atoms with Crippen LogP contribution in [0.25, 0.3) is 0 Å². The second-order valence-corrected chi connectivity index (χ2v) is 10.1. The van der Waals surface area contributed by atoms with Gasteiger partial charge in [-0.05, 0) is 44.0 Å². The van der Waals surface area contributed by atoms with Crippen LogP contribution in [0.2, 0.25) is 0 Å². The number of hydrogen-bond donors (Lipinski definition) is 1. The number of fused-ring (bicyclic) bond motifs is 2. The monoisotopic (exact) mass is 541 g/mol. The van der Waals surface area contributed by atoms with E-state index >= 15 is 0 Å². The van der Waals surface area contributed by atoms with Crippen LogP contribution in [0.4, 0.5) is 17.6 Å². The summed E-state index contributed by atoms with van der Waals surface area (Å²) in [6.07, 6.45) is -3.43. The second-order valence-electron chi connectivity index (χ2n) is 9.02. The van der Waals surface area contributed by atoms with Gasteiger partial charge in [0.25, 0.3) is 0 Å². The fraction of sp³-hybridized carbons (Fsp3) is 0.435. The maximum Gasteiger partial charge on any atom is 0.490 e. The molecule has 0 aliphatic carbocycles. The summed E-state index contributed by atoms with van der Waals surface area (Å²) in [6, 6.07) is 6.65. The zero-order chi connectivity index (χ0) is 27.0. The fourth-order valence-electron chi connectivity index (χ4n) is 4.69. The predicted octanol–water partition coefficient (Wildman–Crippen LogP) is 2.54. The van der Waals surface area contributed by atoms with Crippen LogP contribution in [0.15, 0.2) is 39.2 Å². The lowest BCUT2D eigenvalue weighted by Gasteiger charge is -2.23. The number of carboxylic acids is 1. The topological polar surface area (TPSA) is 110 Å². The molecule has 5 rings (SSSR count). The van der Waals surface area contributed by atoms with Crippen molar-refractivity contribution >= 4 is 17.3 Å². The Morgan fingerprint density at radius 2 is 1.86 bits per heavy atom. The Morgan fingerprint density at radius 1 is 1.16 bits per heavy atom. The van der Waals surface area contributed by atoms with E-state index in [0.717, 1.165) is 42.2 Å². The number of carboxylic acid groups (broad SMARTS) is 1. The summed E-state index contributed by atoms with van der Waals surface area (Å²) in [7, 11) is 0. The molecule has 1 N–H and O–H groups in total. The van der Waals surface area contributed by atoms with Crippen LogP contribution in [-0.4, -0.2) is 54.6 Å². The number of halogens is 4. The minimum Gasteiger partial charge on any atom is -0.475 e. The number of likely N-dealkylation sites (tertiary alicyclic amines) is 1. The van der Waals surface area contributed by atoms with E-state index in [1.54, 1.807) is 16.7 Å². The molecule has 4 heterocycles. The molecule has 37 heavy (non-hydrogen) atoms. The summed E-state index contributed by atoms with van der Waals surface area (Å²) in [5.41, 5.74) is 0.310. The molecule has 3 aromatic rings. The summed E-state index contributed by atoms with van der Waals surface area (Å²) in [4.78, 5) is 40.9. The first-order chi connectivity index (χ1) is 17.4. The van der Waals surface area contributed by atoms with Crippen molar-refractivity contribution in [1.29, 1.82) is 0 Å². The van der Waals surface area contributed by atoms with Gasteiger partial charge in [-0.2, -0.15) is 18.3 Å². The van der Waals surface area contributed by atoms with Crippen LogP contribution < -0.4 is 11.1 Å². The molecule has 1 saturated heterocycles. The zero-order valence-electron chi connectivity index (χ0n) is 19.7. The third-order valence-electron chi connectivity index (χ3n) is 6.37. The predicted molar refractivity (Wildman–Crippen MR) is 125 cm³/mol. The van der Waals surface area contributed by atoms with Gasteiger partial charge in [0.2, 0.25) is 0 Å². The number of aryl methyl sites for hydroxylation is 1. The van der Waals surface area contributed by atoms with Gasteiger partial charge in [0, 0.05) is 30.4 Å². The van der Waals surface area contributed by atoms with Crippen LogP contribution in [0.1, 0.15) is 34.9 Å². The number of benzene rings is 1. The van der Waals surface area contributed by atoms with E-state index in [2.05, 4.69) is 15.0 Å². The average Bonchev–Trinajstić information content (AvgIpc) is 3.52. The van der Waals surface area contributed by atoms with Crippen LogP contribution >= 0.6 is 11.3 Å². The minimum absolute atomic E-state index is 0.204. The Hall–Kier alpha value is -3.39. The van der Waals surface area contributed by atoms with Gasteiger partial charge in [0.1, 0.15) is 11.6 Å². The van der Waals surface area contributed by atoms with E-state index < -0.39 is 23.3 Å². The Balaban J connectivity index is 0.000000405. The SMILES string of the molecule is Cc1nc(Cn2nc3n(c(=O)c2=O)CCC32CCN(Cc3cccc(F)c3)C2)cs1.O=C(O)C(F)(F)F. The Morgan fingerprint density at radius 3 is 2.49 bits per heavy atom. The van der Waals surface area contributed by atoms with E-state index in [0.29, 0.717) is 18.9 Å². The molecule has 198 valence electrons. The first kappa shape index (κ1) is 26.7. The van der Waals surface area contributed by atoms with Crippen molar-refractivity contribution in [3.8, 4) is 0 Å². The van der Waals surface area contributed by atoms with Crippen molar-refractivity contribution in [2.45, 2.75) is 51.0 Å². The number of nitrogens with zero attached hydrogens (tertiary/aromatic N) is 5. The van der Waals surface area contributed by atoms with Gasteiger partial charge in [-0.1, -0.05) is 12.1 Å². The highest BCUT2D eigenvalue weighted by atomic mass is 32.1. The normalized spacial score (nSPS) is 19.1. The maximum atomic E-state index is 13.5. The number of hydrogen-bond acceptors (Lipinski definition) is 7. The van der Waals surface area contributed by atoms with Gasteiger partial charge in [-0.25, -0.2) is 18.9 Å². The third kappa shape index (κ3) is 5.80. The van der Waals surface area contributed by atoms with Crippen molar-refractivity contribution in [2.24, 2.45) is 0 Å². The van der Waals surface area contributed by atoms with Crippen molar-refractivity contribution in [3.63, 3.8) is 0 Å². The van der Waals surface area contributed by atoms with Gasteiger partial charge in [-0.3, -0.25) is 19.1 Å². The molecule has 2 aliphatic heterocycles. The Bertz CT molecular complexity index is 1430. The summed E-state index contributed by atoms with van der Waals surface area (Å²) in [5, 5.41) is 14.6. The standard InChI is InChI=1S/C21H22FN5O2S.C2HF3O2/c1-14-23-17(12-30-14)11-27-19(29)18(28)26-8-6-21(20(26)24-27)5-7-25(13-21)10-15-3-2-4-16(22)9-15;3-2(4,5)1(6)7/h2-4,9,12H,5-8,10-11,13H2,1H3;(H,6,7). The molecule has 1 spiro atoms. The number of aliphatic carboxylic acids is 1. The smallest absolute Gasteiger partial charge is 0.475 e. The highest BCUT2D eigenvalue weighted by Crippen LogP contribution is 2.40. The average molecular weight is 542 g/mol. The molecule has 1 atom stereocenters. The van der Waals surface area contributed by atoms with Crippen LogP contribution in [0.3, 0.4) is 0 Å². The van der Waals surface area contributed by atoms with Gasteiger partial charge in [0.15, 0.2) is 0 Å². The number of carbonyl (C=O) groups is 1. The Labute approximate surface area is 211 Å². The van der Waals surface area contributed by atoms with Crippen molar-refractivity contribution in [1.82, 2.24) is 24.2 Å². The van der Waals surface area contributed by atoms with Gasteiger partial charge >= 0.3 is 23.3 Å². The van der Waals surface area contributed by atoms with Crippen LogP contribution in [-0.2, 0) is 29.8 Å². The minimum atomic E-state index is -5.08. The van der Waals surface area contributed by atoms with Crippen LogP contribution in [0, 0.1) is 12.7 Å². The lowest BCUT2D eigenvalue weighted by atomic mass is 9.85. The third-order valence-corrected chi connectivity index (χ3v) is 7.19. The molecular formula is C23H23F4N5O4S. The molecule has 1 fully saturated rings. The first-order valence-corrected chi connectivity index (χ1v) is 12.2. The highest BCUT2D eigenvalue weighted by molar-refractivity contribution is 7.09. The summed E-state index contributed by atoms with van der Waals surface area (Å²) in [6.45, 7) is 4.86. The Kier molecular flexibility index (Phi) is 7.33. The van der Waals surface area contributed by atoms with E-state index in [9.17, 15) is 27.2 Å². The summed E-state index contributed by atoms with van der Waals surface area (Å²) >= 11 is 1.51. The molecule has 2 aromatic heterocycles. The molecule has 0 saturated carbocycles. The molecule has 2 aliphatic rings. The van der Waals surface area contributed by atoms with Crippen molar-refractivity contribution < 1.29 is 27.5 Å². The van der Waals surface area contributed by atoms with Crippen LogP contribution in [0.5, 0.6) is 0 Å². The van der Waals surface area contributed by atoms with Crippen molar-refractivity contribution in [2.75, 3.05) is 13.1 Å². The molecule has 1 aromatic carbocycles. The summed E-state index contributed by atoms with van der Waals surface area (Å²) in [5.74, 6) is -2.30. The second kappa shape index (κ2) is 10.2. The number of thiazole rings is 1. The number of rotatable bonds is 4. The number of aromatic nitrogens is 4. The van der Waals surface area contributed by atoms with E-state index in [-0.39, 0.29) is 17.8 Å². The zero-order valence-corrected chi connectivity index (χ0v) is 20.5. The quantitative estimate of drug-likeness (QED) is 0.399. The van der Waals surface area contributed by atoms with E-state index in [1.807, 2.05) is 18.4 Å². The molecule has 0 amide bonds. The molecular weight excluding hydrogens is 518 g/mol. The van der Waals surface area contributed by atoms with Gasteiger partial charge < -0.3 is 5.11 Å². The molecule has 9 nitrogen and oxygen atoms in total. The molecule has 14 heteroatoms. The van der Waals surface area contributed by atoms with Crippen molar-refractivity contribution in [3.05, 3.63) is 78.3 Å². The largest absolute Gasteiger partial charge is 0.490 e. The van der Waals surface area contributed by atoms with E-state index in [1.165, 1.54) is 22.1 Å². The lowest BCUT2D eigenvalue weighted by molar-refractivity contribution is -0.192. The molecule has 0 radical (unpaired) electrons. The van der Waals surface area contributed by atoms with Gasteiger partial charge in [0.05, 0.1) is 17.2 Å². The number of alkyl halides is 3. The molecule has 0 bridgehead atoms. The van der Waals surface area contributed by atoms with Gasteiger partial charge in [-0.15, -0.1) is 11.3 Å². The fourth-order valence-corrected chi connectivity index (χ4v) is 5.29. The van der Waals surface area contributed by atoms with E-state index in [4.69, 9.17) is 9.90 Å². The summed E-state index contributed by atoms with van der Waals surface area (Å²) < 4.78 is 48.1. The molecule has 1 unspecified atom stereocenters. The maximum absolute atomic E-state index is 13.5. The first-order valence-electron chi connectivity index (χ1n) is 11.3. The highest BCUT2D eigenvalue weighted by Gasteiger charge is 2.47.